The van der Waals surface area contributed by atoms with Crippen LogP contribution in [0, 0.1) is 0 Å². The molecule has 0 radical (unpaired) electrons. The van der Waals surface area contributed by atoms with Crippen LogP contribution in [0.2, 0.25) is 0 Å². The smallest absolute Gasteiger partial charge is 0.305 e. The van der Waals surface area contributed by atoms with E-state index in [1.807, 2.05) is 6.08 Å². The Bertz CT molecular complexity index is 1120. The first-order valence-corrected chi connectivity index (χ1v) is 32.6. The average Bonchev–Trinajstić information content (AvgIpc) is 3.38. The molecule has 0 aliphatic heterocycles. The molecule has 0 aromatic carbocycles. The summed E-state index contributed by atoms with van der Waals surface area (Å²) in [5, 5.41) is 23.2. The van der Waals surface area contributed by atoms with Gasteiger partial charge < -0.3 is 20.3 Å². The molecule has 2 unspecified atom stereocenters. The van der Waals surface area contributed by atoms with Crippen LogP contribution in [0.5, 0.6) is 0 Å². The van der Waals surface area contributed by atoms with E-state index in [0.29, 0.717) is 19.4 Å². The minimum Gasteiger partial charge on any atom is -0.466 e. The van der Waals surface area contributed by atoms with Crippen molar-refractivity contribution in [1.29, 1.82) is 0 Å². The molecule has 6 nitrogen and oxygen atoms in total. The summed E-state index contributed by atoms with van der Waals surface area (Å²) in [5.74, 6) is -0.0577. The van der Waals surface area contributed by atoms with Crippen molar-refractivity contribution in [2.75, 3.05) is 13.2 Å². The molecule has 2 atom stereocenters. The van der Waals surface area contributed by atoms with Gasteiger partial charge in [0.1, 0.15) is 0 Å². The Morgan fingerprint density at radius 3 is 0.986 bits per heavy atom. The number of unbranched alkanes of at least 4 members (excludes halogenated alkanes) is 48. The number of esters is 1. The van der Waals surface area contributed by atoms with Crippen molar-refractivity contribution in [3.05, 3.63) is 24.3 Å². The van der Waals surface area contributed by atoms with E-state index >= 15 is 0 Å². The molecule has 0 aliphatic carbocycles. The number of carbonyl (C=O) groups is 2. The van der Waals surface area contributed by atoms with Crippen molar-refractivity contribution in [3.63, 3.8) is 0 Å². The fraction of sp³-hybridized carbons (Fsp3) is 0.909. The second-order valence-corrected chi connectivity index (χ2v) is 22.5. The van der Waals surface area contributed by atoms with E-state index in [-0.39, 0.29) is 18.5 Å². The lowest BCUT2D eigenvalue weighted by atomic mass is 10.0. The zero-order chi connectivity index (χ0) is 52.2. The Labute approximate surface area is 450 Å². The number of allylic oxidation sites excluding steroid dienone is 3. The highest BCUT2D eigenvalue weighted by Gasteiger charge is 2.18. The summed E-state index contributed by atoms with van der Waals surface area (Å²) in [6.45, 7) is 4.92. The molecule has 0 saturated heterocycles. The molecule has 72 heavy (non-hydrogen) atoms. The zero-order valence-corrected chi connectivity index (χ0v) is 48.7. The van der Waals surface area contributed by atoms with E-state index in [9.17, 15) is 19.8 Å². The third-order valence-corrected chi connectivity index (χ3v) is 15.2. The van der Waals surface area contributed by atoms with Crippen LogP contribution in [0.1, 0.15) is 361 Å². The predicted molar refractivity (Wildman–Crippen MR) is 315 cm³/mol. The molecule has 426 valence electrons. The van der Waals surface area contributed by atoms with Crippen LogP contribution in [0.3, 0.4) is 0 Å². The molecule has 0 rings (SSSR count). The average molecular weight is 1010 g/mol. The van der Waals surface area contributed by atoms with Crippen molar-refractivity contribution in [2.24, 2.45) is 0 Å². The van der Waals surface area contributed by atoms with E-state index in [1.54, 1.807) is 6.08 Å². The van der Waals surface area contributed by atoms with Gasteiger partial charge in [-0.15, -0.1) is 0 Å². The van der Waals surface area contributed by atoms with E-state index < -0.39 is 12.1 Å². The lowest BCUT2D eigenvalue weighted by Crippen LogP contribution is -2.45. The fourth-order valence-electron chi connectivity index (χ4n) is 10.2. The first-order valence-electron chi connectivity index (χ1n) is 32.6. The predicted octanol–water partition coefficient (Wildman–Crippen LogP) is 20.6. The Morgan fingerprint density at radius 1 is 0.375 bits per heavy atom. The normalized spacial score (nSPS) is 12.7. The molecule has 0 saturated carbocycles. The molecule has 0 aromatic rings. The molecule has 0 spiro atoms. The molecule has 1 amide bonds. The van der Waals surface area contributed by atoms with Gasteiger partial charge in [-0.1, -0.05) is 314 Å². The summed E-state index contributed by atoms with van der Waals surface area (Å²) >= 11 is 0. The van der Waals surface area contributed by atoms with Crippen LogP contribution in [-0.2, 0) is 14.3 Å². The number of aliphatic hydroxyl groups excluding tert-OH is 2. The molecular formula is C66H127NO5. The maximum atomic E-state index is 12.5. The van der Waals surface area contributed by atoms with Gasteiger partial charge in [0.25, 0.3) is 0 Å². The number of amides is 1. The minimum absolute atomic E-state index is 0.00864. The Balaban J connectivity index is 3.40. The van der Waals surface area contributed by atoms with Crippen LogP contribution >= 0.6 is 0 Å². The summed E-state index contributed by atoms with van der Waals surface area (Å²) in [6, 6.07) is -0.629. The van der Waals surface area contributed by atoms with Crippen molar-refractivity contribution in [2.45, 2.75) is 373 Å². The lowest BCUT2D eigenvalue weighted by molar-refractivity contribution is -0.143. The molecule has 0 aliphatic rings. The Hall–Kier alpha value is -1.66. The summed E-state index contributed by atoms with van der Waals surface area (Å²) in [4.78, 5) is 24.6. The zero-order valence-electron chi connectivity index (χ0n) is 48.7. The van der Waals surface area contributed by atoms with Gasteiger partial charge in [0.15, 0.2) is 0 Å². The molecular weight excluding hydrogens is 887 g/mol. The number of hydrogen-bond donors (Lipinski definition) is 3. The molecule has 0 bridgehead atoms. The number of ether oxygens (including phenoxy) is 1. The van der Waals surface area contributed by atoms with E-state index in [2.05, 4.69) is 31.3 Å². The van der Waals surface area contributed by atoms with Gasteiger partial charge in [0, 0.05) is 12.8 Å². The SMILES string of the molecule is CCCCCCCC/C=C\CCCCCCCCCC(=O)OCCCCCCCCCCCCCCCCCCCCCCCC(=O)NC(CO)C(O)/C=C/CCCCCCCCCCCCCCCCC. The van der Waals surface area contributed by atoms with Crippen LogP contribution in [0.25, 0.3) is 0 Å². The van der Waals surface area contributed by atoms with Crippen LogP contribution in [-0.4, -0.2) is 47.4 Å². The second-order valence-electron chi connectivity index (χ2n) is 22.5. The van der Waals surface area contributed by atoms with Gasteiger partial charge in [-0.05, 0) is 57.8 Å². The van der Waals surface area contributed by atoms with E-state index in [0.717, 1.165) is 44.9 Å². The first kappa shape index (κ1) is 70.3. The first-order chi connectivity index (χ1) is 35.5. The standard InChI is InChI=1S/C66H127NO5/c1-3-5-7-9-11-13-15-17-19-26-30-34-38-42-46-50-54-58-64(69)63(62-68)67-65(70)59-55-51-47-43-39-35-31-28-24-22-21-23-25-29-33-37-41-45-49-53-57-61-72-66(71)60-56-52-48-44-40-36-32-27-20-18-16-14-12-10-8-6-4-2/h18,20,54,58,63-64,68-69H,3-17,19,21-53,55-57,59-62H2,1-2H3,(H,67,70)/b20-18-,58-54+. The van der Waals surface area contributed by atoms with E-state index in [4.69, 9.17) is 4.74 Å². The number of hydrogen-bond acceptors (Lipinski definition) is 5. The van der Waals surface area contributed by atoms with Crippen LogP contribution in [0.4, 0.5) is 0 Å². The molecule has 3 N–H and O–H groups in total. The molecule has 0 aromatic heterocycles. The van der Waals surface area contributed by atoms with Crippen molar-refractivity contribution in [1.82, 2.24) is 5.32 Å². The number of rotatable bonds is 61. The highest BCUT2D eigenvalue weighted by atomic mass is 16.5. The van der Waals surface area contributed by atoms with Crippen molar-refractivity contribution < 1.29 is 24.5 Å². The molecule has 0 heterocycles. The third-order valence-electron chi connectivity index (χ3n) is 15.2. The van der Waals surface area contributed by atoms with Crippen LogP contribution in [0.15, 0.2) is 24.3 Å². The molecule has 6 heteroatoms. The van der Waals surface area contributed by atoms with Gasteiger partial charge in [-0.25, -0.2) is 0 Å². The molecule has 0 fully saturated rings. The largest absolute Gasteiger partial charge is 0.466 e. The minimum atomic E-state index is -0.845. The number of aliphatic hydroxyl groups is 2. The summed E-state index contributed by atoms with van der Waals surface area (Å²) in [5.41, 5.74) is 0. The maximum absolute atomic E-state index is 12.5. The number of carbonyl (C=O) groups excluding carboxylic acids is 2. The van der Waals surface area contributed by atoms with Crippen molar-refractivity contribution >= 4 is 11.9 Å². The van der Waals surface area contributed by atoms with Gasteiger partial charge in [0.05, 0.1) is 25.4 Å². The van der Waals surface area contributed by atoms with Gasteiger partial charge in [-0.2, -0.15) is 0 Å². The maximum Gasteiger partial charge on any atom is 0.305 e. The van der Waals surface area contributed by atoms with Gasteiger partial charge in [-0.3, -0.25) is 9.59 Å². The monoisotopic (exact) mass is 1010 g/mol. The van der Waals surface area contributed by atoms with Gasteiger partial charge >= 0.3 is 5.97 Å². The van der Waals surface area contributed by atoms with Gasteiger partial charge in [0.2, 0.25) is 5.91 Å². The topological polar surface area (TPSA) is 95.9 Å². The Kier molecular flexibility index (Phi) is 60.5. The summed E-state index contributed by atoms with van der Waals surface area (Å²) in [6.07, 6.45) is 76.5. The Morgan fingerprint density at radius 2 is 0.653 bits per heavy atom. The van der Waals surface area contributed by atoms with Crippen molar-refractivity contribution in [3.8, 4) is 0 Å². The highest BCUT2D eigenvalue weighted by Crippen LogP contribution is 2.18. The summed E-state index contributed by atoms with van der Waals surface area (Å²) in [7, 11) is 0. The number of nitrogens with one attached hydrogen (secondary N) is 1. The quantitative estimate of drug-likeness (QED) is 0.0320. The third kappa shape index (κ3) is 57.6. The van der Waals surface area contributed by atoms with E-state index in [1.165, 1.54) is 289 Å². The fourth-order valence-corrected chi connectivity index (χ4v) is 10.2. The van der Waals surface area contributed by atoms with Crippen LogP contribution < -0.4 is 5.32 Å². The lowest BCUT2D eigenvalue weighted by Gasteiger charge is -2.20. The second kappa shape index (κ2) is 61.9. The summed E-state index contributed by atoms with van der Waals surface area (Å²) < 4.78 is 5.50. The highest BCUT2D eigenvalue weighted by molar-refractivity contribution is 5.76.